The minimum Gasteiger partial charge on any atom is -0.376 e. The van der Waals surface area contributed by atoms with Crippen LogP contribution in [0.3, 0.4) is 0 Å². The van der Waals surface area contributed by atoms with Crippen LogP contribution < -0.4 is 10.9 Å². The van der Waals surface area contributed by atoms with Crippen LogP contribution in [0.15, 0.2) is 39.6 Å². The topological polar surface area (TPSA) is 73.2 Å². The van der Waals surface area contributed by atoms with E-state index in [9.17, 15) is 9.59 Å². The molecule has 2 aromatic heterocycles. The van der Waals surface area contributed by atoms with E-state index in [1.54, 1.807) is 4.57 Å². The molecule has 1 fully saturated rings. The minimum atomic E-state index is -0.101. The smallest absolute Gasteiger partial charge is 0.276 e. The fourth-order valence-electron chi connectivity index (χ4n) is 3.30. The van der Waals surface area contributed by atoms with Gasteiger partial charge in [-0.15, -0.1) is 11.3 Å². The average Bonchev–Trinajstić information content (AvgIpc) is 3.39. The van der Waals surface area contributed by atoms with Crippen molar-refractivity contribution in [3.63, 3.8) is 0 Å². The molecule has 1 atom stereocenters. The van der Waals surface area contributed by atoms with Crippen molar-refractivity contribution in [3.8, 4) is 5.69 Å². The van der Waals surface area contributed by atoms with Crippen molar-refractivity contribution < 1.29 is 9.53 Å². The average molecular weight is 430 g/mol. The van der Waals surface area contributed by atoms with Gasteiger partial charge < -0.3 is 10.1 Å². The highest BCUT2D eigenvalue weighted by molar-refractivity contribution is 7.99. The van der Waals surface area contributed by atoms with E-state index in [2.05, 4.69) is 10.3 Å². The zero-order valence-electron chi connectivity index (χ0n) is 16.4. The van der Waals surface area contributed by atoms with Gasteiger partial charge in [0.2, 0.25) is 5.91 Å². The summed E-state index contributed by atoms with van der Waals surface area (Å²) in [6.07, 6.45) is 2.14. The first kappa shape index (κ1) is 20.1. The number of rotatable bonds is 6. The van der Waals surface area contributed by atoms with Crippen LogP contribution >= 0.6 is 23.1 Å². The van der Waals surface area contributed by atoms with Crippen molar-refractivity contribution in [2.45, 2.75) is 37.9 Å². The monoisotopic (exact) mass is 429 g/mol. The van der Waals surface area contributed by atoms with Crippen molar-refractivity contribution >= 4 is 39.2 Å². The first-order valence-electron chi connectivity index (χ1n) is 9.62. The molecule has 1 amide bonds. The third kappa shape index (κ3) is 4.39. The van der Waals surface area contributed by atoms with E-state index in [1.165, 1.54) is 23.1 Å². The molecule has 0 unspecified atom stereocenters. The molecule has 0 bridgehead atoms. The first-order valence-corrected chi connectivity index (χ1v) is 11.5. The number of carbonyl (C=O) groups excluding carboxylic acids is 1. The highest BCUT2D eigenvalue weighted by Crippen LogP contribution is 2.24. The number of benzene rings is 1. The van der Waals surface area contributed by atoms with E-state index in [0.717, 1.165) is 36.3 Å². The molecule has 1 N–H and O–H groups in total. The van der Waals surface area contributed by atoms with Gasteiger partial charge in [-0.05, 0) is 61.4 Å². The molecule has 1 saturated heterocycles. The summed E-state index contributed by atoms with van der Waals surface area (Å²) in [6.45, 7) is 5.35. The molecule has 0 spiro atoms. The Morgan fingerprint density at radius 1 is 1.34 bits per heavy atom. The SMILES string of the molecule is Cc1ccc(-n2c(SCC(=O)NC[C@@H]3CCCO3)nc3ccsc3c2=O)cc1C. The highest BCUT2D eigenvalue weighted by atomic mass is 32.2. The van der Waals surface area contributed by atoms with Crippen LogP contribution in [0.5, 0.6) is 0 Å². The second-order valence-corrected chi connectivity index (χ2v) is 9.02. The van der Waals surface area contributed by atoms with Gasteiger partial charge in [-0.2, -0.15) is 0 Å². The quantitative estimate of drug-likeness (QED) is 0.480. The van der Waals surface area contributed by atoms with E-state index >= 15 is 0 Å². The summed E-state index contributed by atoms with van der Waals surface area (Å²) in [5.74, 6) is 0.108. The predicted molar refractivity (Wildman–Crippen MR) is 117 cm³/mol. The number of carbonyl (C=O) groups is 1. The Labute approximate surface area is 177 Å². The maximum atomic E-state index is 13.2. The van der Waals surface area contributed by atoms with Gasteiger partial charge in [0.25, 0.3) is 5.56 Å². The lowest BCUT2D eigenvalue weighted by atomic mass is 10.1. The van der Waals surface area contributed by atoms with E-state index in [4.69, 9.17) is 4.74 Å². The van der Waals surface area contributed by atoms with E-state index in [-0.39, 0.29) is 23.3 Å². The molecule has 4 rings (SSSR count). The maximum absolute atomic E-state index is 13.2. The van der Waals surface area contributed by atoms with Gasteiger partial charge in [0, 0.05) is 13.2 Å². The molecule has 152 valence electrons. The van der Waals surface area contributed by atoms with E-state index < -0.39 is 0 Å². The van der Waals surface area contributed by atoms with Crippen LogP contribution in [0.2, 0.25) is 0 Å². The molecule has 8 heteroatoms. The molecular formula is C21H23N3O3S2. The van der Waals surface area contributed by atoms with Crippen molar-refractivity contribution in [2.75, 3.05) is 18.9 Å². The number of nitrogens with one attached hydrogen (secondary N) is 1. The van der Waals surface area contributed by atoms with Crippen LogP contribution in [0.4, 0.5) is 0 Å². The Hall–Kier alpha value is -2.16. The van der Waals surface area contributed by atoms with Gasteiger partial charge >= 0.3 is 0 Å². The molecule has 29 heavy (non-hydrogen) atoms. The van der Waals surface area contributed by atoms with Gasteiger partial charge in [-0.1, -0.05) is 17.8 Å². The molecule has 6 nitrogen and oxygen atoms in total. The molecule has 0 aliphatic carbocycles. The van der Waals surface area contributed by atoms with Gasteiger partial charge in [0.05, 0.1) is 23.1 Å². The number of hydrogen-bond acceptors (Lipinski definition) is 6. The first-order chi connectivity index (χ1) is 14.0. The summed E-state index contributed by atoms with van der Waals surface area (Å²) in [7, 11) is 0. The standard InChI is InChI=1S/C21H23N3O3S2/c1-13-5-6-15(10-14(13)2)24-20(26)19-17(7-9-28-19)23-21(24)29-12-18(25)22-11-16-4-3-8-27-16/h5-7,9-10,16H,3-4,8,11-12H2,1-2H3,(H,22,25)/t16-/m0/s1. The normalized spacial score (nSPS) is 16.4. The Balaban J connectivity index is 1.59. The van der Waals surface area contributed by atoms with Crippen LogP contribution in [-0.4, -0.2) is 40.5 Å². The molecule has 1 aliphatic rings. The van der Waals surface area contributed by atoms with Crippen LogP contribution in [-0.2, 0) is 9.53 Å². The van der Waals surface area contributed by atoms with Crippen LogP contribution in [0.25, 0.3) is 15.9 Å². The number of aromatic nitrogens is 2. The van der Waals surface area contributed by atoms with Crippen molar-refractivity contribution in [1.82, 2.24) is 14.9 Å². The molecule has 1 aromatic carbocycles. The number of nitrogens with zero attached hydrogens (tertiary/aromatic N) is 2. The zero-order valence-corrected chi connectivity index (χ0v) is 18.1. The van der Waals surface area contributed by atoms with E-state index in [0.29, 0.717) is 21.9 Å². The number of hydrogen-bond donors (Lipinski definition) is 1. The molecule has 0 radical (unpaired) electrons. The minimum absolute atomic E-state index is 0.0863. The number of thioether (sulfide) groups is 1. The lowest BCUT2D eigenvalue weighted by Gasteiger charge is -2.14. The number of fused-ring (bicyclic) bond motifs is 1. The largest absolute Gasteiger partial charge is 0.376 e. The summed E-state index contributed by atoms with van der Waals surface area (Å²) in [5, 5.41) is 5.31. The van der Waals surface area contributed by atoms with Crippen molar-refractivity contribution in [2.24, 2.45) is 0 Å². The van der Waals surface area contributed by atoms with E-state index in [1.807, 2.05) is 43.5 Å². The Kier molecular flexibility index (Phi) is 6.03. The third-order valence-electron chi connectivity index (χ3n) is 5.08. The fraction of sp³-hybridized carbons (Fsp3) is 0.381. The summed E-state index contributed by atoms with van der Waals surface area (Å²) in [4.78, 5) is 30.1. The number of ether oxygens (including phenoxy) is 1. The Morgan fingerprint density at radius 2 is 2.21 bits per heavy atom. The summed E-state index contributed by atoms with van der Waals surface area (Å²) < 4.78 is 7.78. The molecular weight excluding hydrogens is 406 g/mol. The number of amides is 1. The van der Waals surface area contributed by atoms with Gasteiger partial charge in [-0.25, -0.2) is 4.98 Å². The Morgan fingerprint density at radius 3 is 2.97 bits per heavy atom. The molecule has 0 saturated carbocycles. The third-order valence-corrected chi connectivity index (χ3v) is 6.91. The van der Waals surface area contributed by atoms with Crippen molar-refractivity contribution in [3.05, 3.63) is 51.1 Å². The molecule has 3 heterocycles. The van der Waals surface area contributed by atoms with Crippen LogP contribution in [0, 0.1) is 13.8 Å². The zero-order chi connectivity index (χ0) is 20.4. The van der Waals surface area contributed by atoms with Crippen LogP contribution in [0.1, 0.15) is 24.0 Å². The predicted octanol–water partition coefficient (Wildman–Crippen LogP) is 3.45. The summed E-state index contributed by atoms with van der Waals surface area (Å²) >= 11 is 2.67. The maximum Gasteiger partial charge on any atom is 0.276 e. The lowest BCUT2D eigenvalue weighted by Crippen LogP contribution is -2.33. The second-order valence-electron chi connectivity index (χ2n) is 7.17. The summed E-state index contributed by atoms with van der Waals surface area (Å²) in [6, 6.07) is 7.75. The van der Waals surface area contributed by atoms with Gasteiger partial charge in [0.15, 0.2) is 5.16 Å². The molecule has 1 aliphatic heterocycles. The second kappa shape index (κ2) is 8.69. The number of thiophene rings is 1. The summed E-state index contributed by atoms with van der Waals surface area (Å²) in [5.41, 5.74) is 3.60. The molecule has 3 aromatic rings. The van der Waals surface area contributed by atoms with Gasteiger partial charge in [0.1, 0.15) is 4.70 Å². The van der Waals surface area contributed by atoms with Crippen molar-refractivity contribution in [1.29, 1.82) is 0 Å². The lowest BCUT2D eigenvalue weighted by molar-refractivity contribution is -0.119. The fourth-order valence-corrected chi connectivity index (χ4v) is 4.90. The van der Waals surface area contributed by atoms with Gasteiger partial charge in [-0.3, -0.25) is 14.2 Å². The highest BCUT2D eigenvalue weighted by Gasteiger charge is 2.18. The Bertz CT molecular complexity index is 1100. The number of aryl methyl sites for hydroxylation is 2.